The molecule has 5 nitrogen and oxygen atoms in total. The molecule has 0 heterocycles. The van der Waals surface area contributed by atoms with Crippen LogP contribution in [-0.4, -0.2) is 47.7 Å². The Morgan fingerprint density at radius 2 is 1.56 bits per heavy atom. The molecule has 142 valence electrons. The molecule has 1 rings (SSSR count). The van der Waals surface area contributed by atoms with Crippen LogP contribution in [0.5, 0.6) is 0 Å². The third kappa shape index (κ3) is 4.97. The number of nitrogens with zero attached hydrogens (tertiary/aromatic N) is 1. The molecule has 0 unspecified atom stereocenters. The first-order chi connectivity index (χ1) is 11.7. The summed E-state index contributed by atoms with van der Waals surface area (Å²) in [4.78, 5) is 11.7. The SMILES string of the molecule is CO[Si](CCCCN(F)C(=O)c1cc(F)c(F)c(F)c1F)(OC)OC. The zero-order valence-electron chi connectivity index (χ0n) is 13.9. The van der Waals surface area contributed by atoms with Gasteiger partial charge < -0.3 is 13.3 Å². The van der Waals surface area contributed by atoms with Crippen molar-refractivity contribution in [3.05, 3.63) is 34.9 Å². The summed E-state index contributed by atoms with van der Waals surface area (Å²) in [6.45, 7) is -0.472. The van der Waals surface area contributed by atoms with E-state index in [2.05, 4.69) is 0 Å². The summed E-state index contributed by atoms with van der Waals surface area (Å²) in [6, 6.07) is 0.452. The molecule has 0 spiro atoms. The Morgan fingerprint density at radius 3 is 2.08 bits per heavy atom. The topological polar surface area (TPSA) is 48.0 Å². The molecule has 0 saturated heterocycles. The van der Waals surface area contributed by atoms with Gasteiger partial charge in [-0.25, -0.2) is 17.6 Å². The summed E-state index contributed by atoms with van der Waals surface area (Å²) in [5.74, 6) is -9.58. The number of hydrogen-bond acceptors (Lipinski definition) is 4. The van der Waals surface area contributed by atoms with Gasteiger partial charge in [-0.1, -0.05) is 4.48 Å². The highest BCUT2D eigenvalue weighted by molar-refractivity contribution is 6.60. The maximum Gasteiger partial charge on any atom is 0.500 e. The summed E-state index contributed by atoms with van der Waals surface area (Å²) in [5, 5.41) is -0.398. The molecular formula is C14H18F5NO4Si. The minimum Gasteiger partial charge on any atom is -0.377 e. The molecule has 0 aliphatic carbocycles. The maximum absolute atomic E-state index is 13.8. The molecular weight excluding hydrogens is 369 g/mol. The number of carbonyl (C=O) groups is 1. The predicted octanol–water partition coefficient (Wildman–Crippen LogP) is 3.23. The Balaban J connectivity index is 2.67. The van der Waals surface area contributed by atoms with E-state index < -0.39 is 55.2 Å². The first-order valence-electron chi connectivity index (χ1n) is 7.19. The van der Waals surface area contributed by atoms with Gasteiger partial charge in [0, 0.05) is 27.4 Å². The monoisotopic (exact) mass is 387 g/mol. The molecule has 0 bridgehead atoms. The van der Waals surface area contributed by atoms with Gasteiger partial charge >= 0.3 is 8.80 Å². The zero-order valence-corrected chi connectivity index (χ0v) is 14.9. The van der Waals surface area contributed by atoms with Crippen LogP contribution < -0.4 is 0 Å². The van der Waals surface area contributed by atoms with E-state index in [4.69, 9.17) is 13.3 Å². The number of hydrogen-bond donors (Lipinski definition) is 0. The summed E-state index contributed by atoms with van der Waals surface area (Å²) in [5.41, 5.74) is -1.23. The first-order valence-corrected chi connectivity index (χ1v) is 9.12. The van der Waals surface area contributed by atoms with Crippen LogP contribution in [0, 0.1) is 23.3 Å². The predicted molar refractivity (Wildman–Crippen MR) is 79.2 cm³/mol. The summed E-state index contributed by atoms with van der Waals surface area (Å²) in [6.07, 6.45) is 0.477. The zero-order chi connectivity index (χ0) is 19.2. The van der Waals surface area contributed by atoms with Crippen molar-refractivity contribution < 1.29 is 40.1 Å². The standard InChI is InChI=1S/C14H18F5NO4Si/c1-22-25(23-2,24-3)7-5-4-6-20(19)14(21)9-8-10(15)12(17)13(18)11(9)16/h8H,4-7H2,1-3H3. The minimum absolute atomic E-state index is 0.112. The largest absolute Gasteiger partial charge is 0.500 e. The fraction of sp³-hybridized carbons (Fsp3) is 0.500. The molecule has 1 aromatic carbocycles. The highest BCUT2D eigenvalue weighted by Gasteiger charge is 2.37. The summed E-state index contributed by atoms with van der Waals surface area (Å²) < 4.78 is 81.8. The molecule has 0 N–H and O–H groups in total. The number of unbranched alkanes of at least 4 members (excludes halogenated alkanes) is 1. The highest BCUT2D eigenvalue weighted by atomic mass is 28.4. The molecule has 0 fully saturated rings. The van der Waals surface area contributed by atoms with Gasteiger partial charge in [0.1, 0.15) is 0 Å². The van der Waals surface area contributed by atoms with E-state index in [1.165, 1.54) is 21.3 Å². The molecule has 11 heteroatoms. The van der Waals surface area contributed by atoms with E-state index in [-0.39, 0.29) is 12.5 Å². The molecule has 0 saturated carbocycles. The van der Waals surface area contributed by atoms with Crippen LogP contribution in [-0.2, 0) is 13.3 Å². The van der Waals surface area contributed by atoms with Crippen molar-refractivity contribution >= 4 is 14.7 Å². The Bertz CT molecular complexity index is 607. The summed E-state index contributed by atoms with van der Waals surface area (Å²) >= 11 is 0. The lowest BCUT2D eigenvalue weighted by Gasteiger charge is -2.24. The van der Waals surface area contributed by atoms with Crippen LogP contribution in [0.4, 0.5) is 22.0 Å². The van der Waals surface area contributed by atoms with Crippen LogP contribution in [0.15, 0.2) is 6.07 Å². The van der Waals surface area contributed by atoms with Gasteiger partial charge in [0.15, 0.2) is 23.3 Å². The molecule has 1 amide bonds. The van der Waals surface area contributed by atoms with Gasteiger partial charge in [-0.3, -0.25) is 4.79 Å². The fourth-order valence-corrected chi connectivity index (χ4v) is 3.90. The number of halogens is 5. The van der Waals surface area contributed by atoms with Gasteiger partial charge in [-0.15, -0.1) is 0 Å². The normalized spacial score (nSPS) is 11.7. The second kappa shape index (κ2) is 9.22. The van der Waals surface area contributed by atoms with Crippen LogP contribution in [0.3, 0.4) is 0 Å². The number of carbonyl (C=O) groups excluding carboxylic acids is 1. The van der Waals surface area contributed by atoms with Crippen molar-refractivity contribution in [1.82, 2.24) is 5.12 Å². The van der Waals surface area contributed by atoms with Crippen LogP contribution in [0.2, 0.25) is 6.04 Å². The lowest BCUT2D eigenvalue weighted by atomic mass is 10.1. The quantitative estimate of drug-likeness (QED) is 0.163. The van der Waals surface area contributed by atoms with E-state index in [0.717, 1.165) is 0 Å². The van der Waals surface area contributed by atoms with Crippen molar-refractivity contribution in [2.75, 3.05) is 27.9 Å². The van der Waals surface area contributed by atoms with Gasteiger partial charge in [-0.05, 0) is 18.9 Å². The molecule has 0 radical (unpaired) electrons. The van der Waals surface area contributed by atoms with Gasteiger partial charge in [0.05, 0.1) is 12.1 Å². The van der Waals surface area contributed by atoms with Crippen molar-refractivity contribution in [3.63, 3.8) is 0 Å². The Labute approximate surface area is 142 Å². The average molecular weight is 387 g/mol. The van der Waals surface area contributed by atoms with Crippen molar-refractivity contribution in [1.29, 1.82) is 0 Å². The number of amides is 1. The molecule has 25 heavy (non-hydrogen) atoms. The molecule has 0 aliphatic rings. The third-order valence-electron chi connectivity index (χ3n) is 3.57. The van der Waals surface area contributed by atoms with E-state index in [1.54, 1.807) is 0 Å². The third-order valence-corrected chi connectivity index (χ3v) is 6.41. The fourth-order valence-electron chi connectivity index (χ4n) is 2.11. The summed E-state index contributed by atoms with van der Waals surface area (Å²) in [7, 11) is 1.38. The smallest absolute Gasteiger partial charge is 0.377 e. The molecule has 0 aromatic heterocycles. The van der Waals surface area contributed by atoms with Crippen LogP contribution >= 0.6 is 0 Å². The van der Waals surface area contributed by atoms with E-state index in [1.807, 2.05) is 0 Å². The van der Waals surface area contributed by atoms with Crippen molar-refractivity contribution in [3.8, 4) is 0 Å². The van der Waals surface area contributed by atoms with E-state index in [9.17, 15) is 26.8 Å². The maximum atomic E-state index is 13.8. The van der Waals surface area contributed by atoms with Crippen LogP contribution in [0.25, 0.3) is 0 Å². The lowest BCUT2D eigenvalue weighted by molar-refractivity contribution is 0.0181. The first kappa shape index (κ1) is 21.5. The van der Waals surface area contributed by atoms with Gasteiger partial charge in [0.2, 0.25) is 0 Å². The second-order valence-electron chi connectivity index (χ2n) is 4.99. The number of benzene rings is 1. The Kier molecular flexibility index (Phi) is 7.92. The Hall–Kier alpha value is -1.56. The minimum atomic E-state index is -2.84. The highest BCUT2D eigenvalue weighted by Crippen LogP contribution is 2.21. The molecule has 0 aliphatic heterocycles. The van der Waals surface area contributed by atoms with Gasteiger partial charge in [-0.2, -0.15) is 5.12 Å². The van der Waals surface area contributed by atoms with Crippen molar-refractivity contribution in [2.45, 2.75) is 18.9 Å². The van der Waals surface area contributed by atoms with Crippen molar-refractivity contribution in [2.24, 2.45) is 0 Å². The van der Waals surface area contributed by atoms with E-state index >= 15 is 0 Å². The molecule has 0 atom stereocenters. The van der Waals surface area contributed by atoms with Gasteiger partial charge in [0.25, 0.3) is 5.91 Å². The average Bonchev–Trinajstić information content (AvgIpc) is 2.63. The molecule has 1 aromatic rings. The van der Waals surface area contributed by atoms with Crippen LogP contribution in [0.1, 0.15) is 23.2 Å². The Morgan fingerprint density at radius 1 is 1.00 bits per heavy atom. The number of rotatable bonds is 9. The van der Waals surface area contributed by atoms with E-state index in [0.29, 0.717) is 12.5 Å². The lowest BCUT2D eigenvalue weighted by Crippen LogP contribution is -2.42. The second-order valence-corrected chi connectivity index (χ2v) is 8.08.